The third-order valence-corrected chi connectivity index (χ3v) is 13.9. The molecule has 0 saturated heterocycles. The summed E-state index contributed by atoms with van der Waals surface area (Å²) in [6, 6.07) is 8.91. The highest BCUT2D eigenvalue weighted by atomic mass is 16.5. The number of aliphatic hydroxyl groups is 4. The Kier molecular flexibility index (Phi) is 15.5. The van der Waals surface area contributed by atoms with Gasteiger partial charge >= 0.3 is 0 Å². The van der Waals surface area contributed by atoms with Gasteiger partial charge in [0.1, 0.15) is 6.29 Å². The summed E-state index contributed by atoms with van der Waals surface area (Å²) in [6.07, 6.45) is 17.8. The molecule has 2 fully saturated rings. The number of benzene rings is 1. The van der Waals surface area contributed by atoms with Gasteiger partial charge in [-0.05, 0) is 151 Å². The molecule has 8 nitrogen and oxygen atoms in total. The summed E-state index contributed by atoms with van der Waals surface area (Å²) in [7, 11) is 3.64. The number of ether oxygens (including phenoxy) is 1. The molecule has 6 N–H and O–H groups in total. The van der Waals surface area contributed by atoms with Crippen molar-refractivity contribution in [3.05, 3.63) is 94.1 Å². The summed E-state index contributed by atoms with van der Waals surface area (Å²) in [5.41, 5.74) is 5.43. The van der Waals surface area contributed by atoms with E-state index >= 15 is 0 Å². The van der Waals surface area contributed by atoms with Gasteiger partial charge < -0.3 is 35.8 Å². The van der Waals surface area contributed by atoms with Crippen molar-refractivity contribution in [3.63, 3.8) is 0 Å². The lowest BCUT2D eigenvalue weighted by atomic mass is 9.47. The fourth-order valence-corrected chi connectivity index (χ4v) is 10.9. The van der Waals surface area contributed by atoms with Crippen LogP contribution in [-0.2, 0) is 22.4 Å². The van der Waals surface area contributed by atoms with Gasteiger partial charge in [-0.2, -0.15) is 0 Å². The largest absolute Gasteiger partial charge is 0.396 e. The molecule has 1 aliphatic heterocycles. The molecular formula is C47H70N2O6. The van der Waals surface area contributed by atoms with Crippen LogP contribution in [0.15, 0.2) is 83.0 Å². The van der Waals surface area contributed by atoms with E-state index in [0.29, 0.717) is 51.7 Å². The lowest BCUT2D eigenvalue weighted by Gasteiger charge is -2.60. The molecule has 2 bridgehead atoms. The van der Waals surface area contributed by atoms with Crippen molar-refractivity contribution in [1.29, 1.82) is 0 Å². The fraction of sp³-hybridized carbons (Fsp3) is 0.638. The highest BCUT2D eigenvalue weighted by molar-refractivity contribution is 5.75. The Morgan fingerprint density at radius 1 is 1.18 bits per heavy atom. The summed E-state index contributed by atoms with van der Waals surface area (Å²) in [5, 5.41) is 53.2. The van der Waals surface area contributed by atoms with Crippen LogP contribution in [0.3, 0.4) is 0 Å². The Hall–Kier alpha value is -2.69. The minimum Gasteiger partial charge on any atom is -0.396 e. The standard InChI is InChI=1S/C47H70N2O6/c1-33-17-18-37(27-35-11-7-12-36(26-35)28-45(3,49-30-33)22-25-55-5)34(2)10-6-14-39(31-51)41-19-20-47(44(41)53)42(16-9-24-50)43-38(13-8-15-40(43)32-52)29-46(47,54)21-23-48-4/h6-7,10-12,14,17,26,32,37-38,41-42,44,48-51,53-54H,2,8-9,13,15-16,18-25,27-31H2,1,3-5H3/t37-,38-,41-,42+,44-,45+,46-,47-/m1/s1. The van der Waals surface area contributed by atoms with Gasteiger partial charge in [-0.1, -0.05) is 71.9 Å². The van der Waals surface area contributed by atoms with Crippen molar-refractivity contribution >= 4 is 6.29 Å². The normalized spacial score (nSPS) is 33.3. The summed E-state index contributed by atoms with van der Waals surface area (Å²) in [5.74, 6) is -0.292. The third kappa shape index (κ3) is 9.72. The van der Waals surface area contributed by atoms with Crippen molar-refractivity contribution in [1.82, 2.24) is 10.6 Å². The molecule has 304 valence electrons. The number of nitrogens with one attached hydrogen (secondary N) is 2. The summed E-state index contributed by atoms with van der Waals surface area (Å²) >= 11 is 0. The number of carbonyl (C=O) groups excluding carboxylic acids is 1. The van der Waals surface area contributed by atoms with Gasteiger partial charge in [-0.25, -0.2) is 0 Å². The minimum atomic E-state index is -1.16. The molecule has 0 aromatic heterocycles. The number of allylic oxidation sites excluding steroid dienone is 7. The second kappa shape index (κ2) is 19.6. The van der Waals surface area contributed by atoms with E-state index in [1.54, 1.807) is 7.11 Å². The zero-order valence-corrected chi connectivity index (χ0v) is 34.1. The predicted molar refractivity (Wildman–Crippen MR) is 222 cm³/mol. The Morgan fingerprint density at radius 3 is 2.71 bits per heavy atom. The topological polar surface area (TPSA) is 131 Å². The molecule has 1 spiro atoms. The van der Waals surface area contributed by atoms with Gasteiger partial charge in [0.25, 0.3) is 0 Å². The molecule has 0 radical (unpaired) electrons. The Balaban J connectivity index is 1.41. The molecular weight excluding hydrogens is 689 g/mol. The quantitative estimate of drug-likeness (QED) is 0.0695. The molecule has 8 heteroatoms. The number of aliphatic hydroxyl groups excluding tert-OH is 3. The Morgan fingerprint density at radius 2 is 1.98 bits per heavy atom. The van der Waals surface area contributed by atoms with E-state index in [9.17, 15) is 25.2 Å². The van der Waals surface area contributed by atoms with Crippen LogP contribution in [0, 0.1) is 29.1 Å². The SMILES string of the molecule is C=C(C=CC=C(CO)[C@H]1CC[C@]2([C@@H]1O)[C@@H](CCCO)C1=C(C=O)CCC[C@@H]1C[C@]2(O)CCNC)[C@@H]1CC=C(C)CN[C@@](C)(CCOC)Cc2cccc(c2)C1. The molecule has 1 heterocycles. The number of rotatable bonds is 15. The van der Waals surface area contributed by atoms with E-state index in [1.165, 1.54) is 16.7 Å². The van der Waals surface area contributed by atoms with Crippen molar-refractivity contribution in [2.75, 3.05) is 47.1 Å². The highest BCUT2D eigenvalue weighted by Crippen LogP contribution is 2.66. The average Bonchev–Trinajstić information content (AvgIpc) is 3.52. The van der Waals surface area contributed by atoms with E-state index in [4.69, 9.17) is 4.74 Å². The molecule has 0 unspecified atom stereocenters. The molecule has 3 aliphatic carbocycles. The van der Waals surface area contributed by atoms with Crippen molar-refractivity contribution in [2.24, 2.45) is 29.1 Å². The van der Waals surface area contributed by atoms with E-state index < -0.39 is 17.1 Å². The van der Waals surface area contributed by atoms with Crippen LogP contribution < -0.4 is 10.6 Å². The maximum absolute atomic E-state index is 12.8. The molecule has 1 aromatic rings. The zero-order chi connectivity index (χ0) is 39.6. The number of aldehydes is 1. The first-order valence-corrected chi connectivity index (χ1v) is 21.0. The van der Waals surface area contributed by atoms with Gasteiger partial charge in [0.2, 0.25) is 0 Å². The predicted octanol–water partition coefficient (Wildman–Crippen LogP) is 6.34. The van der Waals surface area contributed by atoms with Gasteiger partial charge in [0.05, 0.1) is 18.3 Å². The van der Waals surface area contributed by atoms with Gasteiger partial charge in [0, 0.05) is 43.7 Å². The van der Waals surface area contributed by atoms with E-state index in [-0.39, 0.29) is 42.4 Å². The number of hydrogen-bond acceptors (Lipinski definition) is 8. The van der Waals surface area contributed by atoms with Crippen LogP contribution in [0.25, 0.3) is 0 Å². The van der Waals surface area contributed by atoms with Gasteiger partial charge in [-0.3, -0.25) is 4.79 Å². The van der Waals surface area contributed by atoms with Crippen LogP contribution in [0.4, 0.5) is 0 Å². The van der Waals surface area contributed by atoms with E-state index in [2.05, 4.69) is 67.5 Å². The van der Waals surface area contributed by atoms with Gasteiger partial charge in [0.15, 0.2) is 0 Å². The van der Waals surface area contributed by atoms with Crippen molar-refractivity contribution in [3.8, 4) is 0 Å². The first-order valence-electron chi connectivity index (χ1n) is 21.0. The van der Waals surface area contributed by atoms with Gasteiger partial charge in [-0.15, -0.1) is 0 Å². The molecule has 0 amide bonds. The number of methoxy groups -OCH3 is 1. The van der Waals surface area contributed by atoms with E-state index in [1.807, 2.05) is 19.2 Å². The van der Waals surface area contributed by atoms with Crippen LogP contribution in [0.1, 0.15) is 95.6 Å². The smallest absolute Gasteiger partial charge is 0.145 e. The van der Waals surface area contributed by atoms with Crippen LogP contribution in [-0.4, -0.2) is 91.0 Å². The number of carbonyl (C=O) groups is 1. The average molecular weight is 759 g/mol. The summed E-state index contributed by atoms with van der Waals surface area (Å²) in [4.78, 5) is 12.5. The highest BCUT2D eigenvalue weighted by Gasteiger charge is 2.67. The number of hydrogen-bond donors (Lipinski definition) is 6. The molecule has 8 atom stereocenters. The van der Waals surface area contributed by atoms with Crippen LogP contribution >= 0.6 is 0 Å². The van der Waals surface area contributed by atoms with Crippen LogP contribution in [0.2, 0.25) is 0 Å². The Bertz CT molecular complexity index is 1600. The monoisotopic (exact) mass is 759 g/mol. The maximum Gasteiger partial charge on any atom is 0.145 e. The molecule has 2 saturated carbocycles. The lowest BCUT2D eigenvalue weighted by molar-refractivity contribution is -0.190. The zero-order valence-electron chi connectivity index (χ0n) is 34.1. The first-order chi connectivity index (χ1) is 26.5. The summed E-state index contributed by atoms with van der Waals surface area (Å²) in [6.45, 7) is 10.9. The van der Waals surface area contributed by atoms with Crippen molar-refractivity contribution < 1.29 is 30.0 Å². The second-order valence-corrected chi connectivity index (χ2v) is 17.5. The van der Waals surface area contributed by atoms with E-state index in [0.717, 1.165) is 80.1 Å². The molecule has 1 aromatic carbocycles. The van der Waals surface area contributed by atoms with Crippen LogP contribution in [0.5, 0.6) is 0 Å². The Labute approximate surface area is 330 Å². The van der Waals surface area contributed by atoms with Crippen molar-refractivity contribution in [2.45, 2.75) is 115 Å². The third-order valence-electron chi connectivity index (χ3n) is 13.9. The maximum atomic E-state index is 12.8. The lowest BCUT2D eigenvalue weighted by Crippen LogP contribution is -2.63. The second-order valence-electron chi connectivity index (χ2n) is 17.5. The first kappa shape index (κ1) is 43.4. The molecule has 4 aliphatic rings. The number of fused-ring (bicyclic) bond motifs is 3. The fourth-order valence-electron chi connectivity index (χ4n) is 10.9. The molecule has 55 heavy (non-hydrogen) atoms. The summed E-state index contributed by atoms with van der Waals surface area (Å²) < 4.78 is 5.45. The molecule has 5 rings (SSSR count). The minimum absolute atomic E-state index is 0.0128.